The molecule has 5 rings (SSSR count). The van der Waals surface area contributed by atoms with Crippen molar-refractivity contribution in [3.8, 4) is 29.0 Å². The number of aromatic nitrogens is 3. The number of para-hydroxylation sites is 1. The highest BCUT2D eigenvalue weighted by molar-refractivity contribution is 6.36. The average molecular weight is 527 g/mol. The summed E-state index contributed by atoms with van der Waals surface area (Å²) in [7, 11) is 1.89. The number of carbonyl (C=O) groups excluding carboxylic acids is 2. The summed E-state index contributed by atoms with van der Waals surface area (Å²) in [5.41, 5.74) is 10.5. The van der Waals surface area contributed by atoms with Crippen LogP contribution in [0.5, 0.6) is 5.75 Å². The molecule has 0 saturated carbocycles. The van der Waals surface area contributed by atoms with Gasteiger partial charge in [-0.2, -0.15) is 0 Å². The Labute approximate surface area is 224 Å². The number of hydrogen-bond acceptors (Lipinski definition) is 6. The Morgan fingerprint density at radius 3 is 2.79 bits per heavy atom. The lowest BCUT2D eigenvalue weighted by atomic mass is 10.1. The minimum Gasteiger partial charge on any atom is -0.484 e. The first-order valence-electron chi connectivity index (χ1n) is 11.8. The summed E-state index contributed by atoms with van der Waals surface area (Å²) in [5.74, 6) is 6.27. The highest BCUT2D eigenvalue weighted by Gasteiger charge is 2.24. The lowest BCUT2D eigenvalue weighted by Crippen LogP contribution is -2.31. The second kappa shape index (κ2) is 10.7. The van der Waals surface area contributed by atoms with Gasteiger partial charge in [0.2, 0.25) is 5.95 Å². The highest BCUT2D eigenvalue weighted by Crippen LogP contribution is 2.28. The number of fused-ring (bicyclic) bond motifs is 1. The second-order valence-electron chi connectivity index (χ2n) is 8.52. The molecule has 10 heteroatoms. The standard InChI is InChI=1S/C28H23ClN6O3/c1-34-23-12-13-31-27(37)22(23)15-24(34)26-19(16-32-28(30)33-26)11-10-18-6-5-9-21(14-18)38-17-25(36)35(29)20-7-3-2-4-8-20/h2-9,14-16H,12-13,17H2,1H3,(H,31,37)(H2,30,32,33). The largest absolute Gasteiger partial charge is 0.484 e. The fraction of sp³-hybridized carbons (Fsp3) is 0.143. The van der Waals surface area contributed by atoms with Crippen LogP contribution in [-0.2, 0) is 18.3 Å². The van der Waals surface area contributed by atoms with Gasteiger partial charge in [-0.05, 0) is 36.4 Å². The van der Waals surface area contributed by atoms with Crippen molar-refractivity contribution in [2.45, 2.75) is 6.42 Å². The van der Waals surface area contributed by atoms with E-state index in [0.717, 1.165) is 22.2 Å². The van der Waals surface area contributed by atoms with Gasteiger partial charge in [-0.3, -0.25) is 9.59 Å². The number of anilines is 2. The van der Waals surface area contributed by atoms with Crippen LogP contribution in [0.2, 0.25) is 0 Å². The van der Waals surface area contributed by atoms with E-state index in [4.69, 9.17) is 22.2 Å². The van der Waals surface area contributed by atoms with E-state index >= 15 is 0 Å². The van der Waals surface area contributed by atoms with Crippen LogP contribution in [-0.4, -0.2) is 39.5 Å². The lowest BCUT2D eigenvalue weighted by Gasteiger charge is -2.14. The molecule has 0 bridgehead atoms. The molecular formula is C28H23ClN6O3. The Morgan fingerprint density at radius 1 is 1.18 bits per heavy atom. The molecule has 2 aromatic carbocycles. The van der Waals surface area contributed by atoms with E-state index < -0.39 is 5.91 Å². The van der Waals surface area contributed by atoms with Gasteiger partial charge in [0.1, 0.15) is 11.4 Å². The van der Waals surface area contributed by atoms with Gasteiger partial charge in [0, 0.05) is 49.2 Å². The molecule has 190 valence electrons. The molecule has 2 amide bonds. The summed E-state index contributed by atoms with van der Waals surface area (Å²) in [5, 5.41) is 2.86. The van der Waals surface area contributed by atoms with E-state index in [2.05, 4.69) is 27.1 Å². The van der Waals surface area contributed by atoms with Crippen LogP contribution in [0, 0.1) is 11.8 Å². The van der Waals surface area contributed by atoms with E-state index in [1.165, 1.54) is 0 Å². The SMILES string of the molecule is Cn1c(-c2nc(N)ncc2C#Cc2cccc(OCC(=O)N(Cl)c3ccccc3)c2)cc2c1CCNC2=O. The Kier molecular flexibility index (Phi) is 6.98. The monoisotopic (exact) mass is 526 g/mol. The van der Waals surface area contributed by atoms with Gasteiger partial charge in [-0.25, -0.2) is 14.4 Å². The number of ether oxygens (including phenoxy) is 1. The maximum atomic E-state index is 12.4. The third kappa shape index (κ3) is 5.16. The van der Waals surface area contributed by atoms with Crippen molar-refractivity contribution >= 4 is 35.2 Å². The number of carbonyl (C=O) groups is 2. The van der Waals surface area contributed by atoms with Crippen molar-refractivity contribution in [3.63, 3.8) is 0 Å². The van der Waals surface area contributed by atoms with Crippen LogP contribution < -0.4 is 20.2 Å². The van der Waals surface area contributed by atoms with Crippen molar-refractivity contribution in [3.05, 3.63) is 89.2 Å². The maximum Gasteiger partial charge on any atom is 0.279 e. The summed E-state index contributed by atoms with van der Waals surface area (Å²) >= 11 is 6.14. The first-order chi connectivity index (χ1) is 18.4. The number of nitrogen functional groups attached to an aromatic ring is 1. The molecule has 0 radical (unpaired) electrons. The number of hydrogen-bond donors (Lipinski definition) is 2. The van der Waals surface area contributed by atoms with Crippen LogP contribution in [0.25, 0.3) is 11.4 Å². The normalized spacial score (nSPS) is 12.1. The number of halogens is 1. The highest BCUT2D eigenvalue weighted by atomic mass is 35.5. The molecular weight excluding hydrogens is 504 g/mol. The Bertz CT molecular complexity index is 1590. The zero-order chi connectivity index (χ0) is 26.6. The molecule has 9 nitrogen and oxygen atoms in total. The van der Waals surface area contributed by atoms with Gasteiger partial charge >= 0.3 is 0 Å². The van der Waals surface area contributed by atoms with E-state index in [-0.39, 0.29) is 18.5 Å². The lowest BCUT2D eigenvalue weighted by molar-refractivity contribution is -0.119. The quantitative estimate of drug-likeness (QED) is 0.304. The summed E-state index contributed by atoms with van der Waals surface area (Å²) in [6, 6.07) is 17.8. The van der Waals surface area contributed by atoms with Crippen molar-refractivity contribution < 1.29 is 14.3 Å². The van der Waals surface area contributed by atoms with Crippen LogP contribution in [0.15, 0.2) is 66.9 Å². The zero-order valence-electron chi connectivity index (χ0n) is 20.4. The first kappa shape index (κ1) is 24.9. The van der Waals surface area contributed by atoms with Gasteiger partial charge < -0.3 is 20.4 Å². The van der Waals surface area contributed by atoms with Crippen LogP contribution >= 0.6 is 11.8 Å². The van der Waals surface area contributed by atoms with Gasteiger partial charge in [0.25, 0.3) is 11.8 Å². The predicted octanol–water partition coefficient (Wildman–Crippen LogP) is 3.32. The number of nitrogens with one attached hydrogen (secondary N) is 1. The van der Waals surface area contributed by atoms with Crippen LogP contribution in [0.3, 0.4) is 0 Å². The van der Waals surface area contributed by atoms with Crippen molar-refractivity contribution in [2.75, 3.05) is 23.3 Å². The van der Waals surface area contributed by atoms with Crippen LogP contribution in [0.1, 0.15) is 27.2 Å². The third-order valence-electron chi connectivity index (χ3n) is 6.04. The fourth-order valence-electron chi connectivity index (χ4n) is 4.15. The number of rotatable bonds is 5. The van der Waals surface area contributed by atoms with Crippen molar-refractivity contribution in [2.24, 2.45) is 7.05 Å². The number of nitrogens with two attached hydrogens (primary N) is 1. The Morgan fingerprint density at radius 2 is 2.00 bits per heavy atom. The molecule has 0 unspecified atom stereocenters. The summed E-state index contributed by atoms with van der Waals surface area (Å²) in [6.07, 6.45) is 2.29. The maximum absolute atomic E-state index is 12.4. The van der Waals surface area contributed by atoms with Gasteiger partial charge in [0.05, 0.1) is 22.5 Å². The third-order valence-corrected chi connectivity index (χ3v) is 6.42. The molecule has 0 atom stereocenters. The molecule has 1 aliphatic rings. The molecule has 4 aromatic rings. The number of amides is 2. The molecule has 2 aromatic heterocycles. The molecule has 3 N–H and O–H groups in total. The van der Waals surface area contributed by atoms with Gasteiger partial charge in [0.15, 0.2) is 6.61 Å². The first-order valence-corrected chi connectivity index (χ1v) is 12.1. The molecule has 38 heavy (non-hydrogen) atoms. The van der Waals surface area contributed by atoms with E-state index in [1.54, 1.807) is 54.7 Å². The average Bonchev–Trinajstić information content (AvgIpc) is 3.28. The molecule has 1 aliphatic heterocycles. The molecule has 0 spiro atoms. The number of nitrogens with zero attached hydrogens (tertiary/aromatic N) is 4. The van der Waals surface area contributed by atoms with E-state index in [9.17, 15) is 9.59 Å². The van der Waals surface area contributed by atoms with Gasteiger partial charge in [-0.1, -0.05) is 36.1 Å². The summed E-state index contributed by atoms with van der Waals surface area (Å²) in [6.45, 7) is 0.345. The van der Waals surface area contributed by atoms with E-state index in [0.29, 0.717) is 40.4 Å². The predicted molar refractivity (Wildman–Crippen MR) is 145 cm³/mol. The smallest absolute Gasteiger partial charge is 0.279 e. The Balaban J connectivity index is 1.36. The van der Waals surface area contributed by atoms with Gasteiger partial charge in [-0.15, -0.1) is 0 Å². The second-order valence-corrected chi connectivity index (χ2v) is 8.86. The molecule has 0 fully saturated rings. The fourth-order valence-corrected chi connectivity index (χ4v) is 4.31. The van der Waals surface area contributed by atoms with Crippen molar-refractivity contribution in [1.82, 2.24) is 19.9 Å². The van der Waals surface area contributed by atoms with Crippen molar-refractivity contribution in [1.29, 1.82) is 0 Å². The molecule has 0 saturated heterocycles. The summed E-state index contributed by atoms with van der Waals surface area (Å²) in [4.78, 5) is 33.3. The van der Waals surface area contributed by atoms with Crippen LogP contribution in [0.4, 0.5) is 11.6 Å². The number of benzene rings is 2. The molecule has 3 heterocycles. The topological polar surface area (TPSA) is 115 Å². The minimum atomic E-state index is -0.406. The zero-order valence-corrected chi connectivity index (χ0v) is 21.2. The minimum absolute atomic E-state index is 0.109. The summed E-state index contributed by atoms with van der Waals surface area (Å²) < 4.78 is 8.63. The Hall–Kier alpha value is -4.81. The molecule has 0 aliphatic carbocycles. The van der Waals surface area contributed by atoms with E-state index in [1.807, 2.05) is 23.7 Å².